The predicted octanol–water partition coefficient (Wildman–Crippen LogP) is 3.70. The fraction of sp³-hybridized carbons (Fsp3) is 0.483. The first-order chi connectivity index (χ1) is 16.7. The van der Waals surface area contributed by atoms with Gasteiger partial charge < -0.3 is 15.2 Å². The molecule has 4 rings (SSSR count). The average Bonchev–Trinajstić information content (AvgIpc) is 3.09. The SMILES string of the molecule is C=C1[C@@H](C)[C@H]2[C@H](Cc3ccccc3)NC(=O)[C@]23OC(=O)/C=C/C(=O)CCC[C@@H](C)C/C=C\[C@H]3[C@@H]1O. The molecule has 1 amide bonds. The van der Waals surface area contributed by atoms with Gasteiger partial charge in [0.15, 0.2) is 5.78 Å². The van der Waals surface area contributed by atoms with Gasteiger partial charge >= 0.3 is 5.97 Å². The van der Waals surface area contributed by atoms with Gasteiger partial charge in [-0.1, -0.05) is 62.9 Å². The molecule has 1 aromatic rings. The number of aliphatic hydroxyl groups is 1. The van der Waals surface area contributed by atoms with Crippen LogP contribution in [0.3, 0.4) is 0 Å². The number of amides is 1. The number of nitrogens with one attached hydrogen (secondary N) is 1. The number of benzene rings is 1. The summed E-state index contributed by atoms with van der Waals surface area (Å²) in [5, 5.41) is 14.4. The number of carbonyl (C=O) groups excluding carboxylic acids is 3. The van der Waals surface area contributed by atoms with Crippen molar-refractivity contribution in [3.8, 4) is 0 Å². The van der Waals surface area contributed by atoms with Crippen LogP contribution in [0.15, 0.2) is 66.8 Å². The maximum atomic E-state index is 13.7. The molecule has 1 aliphatic carbocycles. The minimum atomic E-state index is -1.60. The topological polar surface area (TPSA) is 92.7 Å². The third kappa shape index (κ3) is 4.90. The number of carbonyl (C=O) groups is 3. The molecule has 6 heteroatoms. The fourth-order valence-electron chi connectivity index (χ4n) is 6.00. The molecule has 35 heavy (non-hydrogen) atoms. The van der Waals surface area contributed by atoms with Crippen LogP contribution in [0, 0.1) is 23.7 Å². The molecule has 1 aromatic carbocycles. The lowest BCUT2D eigenvalue weighted by molar-refractivity contribution is -0.182. The van der Waals surface area contributed by atoms with Gasteiger partial charge in [-0.25, -0.2) is 4.79 Å². The van der Waals surface area contributed by atoms with Crippen molar-refractivity contribution in [3.05, 3.63) is 72.4 Å². The maximum absolute atomic E-state index is 13.7. The Labute approximate surface area is 207 Å². The summed E-state index contributed by atoms with van der Waals surface area (Å²) >= 11 is 0. The van der Waals surface area contributed by atoms with Gasteiger partial charge in [-0.05, 0) is 54.7 Å². The zero-order valence-electron chi connectivity index (χ0n) is 20.5. The molecule has 2 aliphatic heterocycles. The van der Waals surface area contributed by atoms with Crippen molar-refractivity contribution in [1.82, 2.24) is 5.32 Å². The summed E-state index contributed by atoms with van der Waals surface area (Å²) in [6.07, 6.45) is 8.39. The van der Waals surface area contributed by atoms with Crippen LogP contribution < -0.4 is 5.32 Å². The minimum Gasteiger partial charge on any atom is -0.445 e. The summed E-state index contributed by atoms with van der Waals surface area (Å²) in [6.45, 7) is 8.21. The van der Waals surface area contributed by atoms with Crippen molar-refractivity contribution >= 4 is 17.7 Å². The molecule has 1 saturated carbocycles. The van der Waals surface area contributed by atoms with E-state index in [1.807, 2.05) is 49.4 Å². The highest BCUT2D eigenvalue weighted by Gasteiger charge is 2.67. The lowest BCUT2D eigenvalue weighted by Gasteiger charge is -2.49. The van der Waals surface area contributed by atoms with Crippen LogP contribution in [-0.2, 0) is 25.5 Å². The Morgan fingerprint density at radius 3 is 2.63 bits per heavy atom. The summed E-state index contributed by atoms with van der Waals surface area (Å²) in [7, 11) is 0. The van der Waals surface area contributed by atoms with Crippen molar-refractivity contribution in [2.24, 2.45) is 23.7 Å². The van der Waals surface area contributed by atoms with E-state index in [1.54, 1.807) is 0 Å². The number of ketones is 1. The van der Waals surface area contributed by atoms with E-state index in [0.29, 0.717) is 24.3 Å². The molecule has 186 valence electrons. The summed E-state index contributed by atoms with van der Waals surface area (Å²) in [6, 6.07) is 9.53. The van der Waals surface area contributed by atoms with Gasteiger partial charge in [-0.3, -0.25) is 9.59 Å². The molecule has 0 aromatic heterocycles. The van der Waals surface area contributed by atoms with Crippen molar-refractivity contribution in [2.75, 3.05) is 0 Å². The van der Waals surface area contributed by atoms with Crippen LogP contribution >= 0.6 is 0 Å². The molecule has 1 spiro atoms. The minimum absolute atomic E-state index is 0.143. The highest BCUT2D eigenvalue weighted by Crippen LogP contribution is 2.52. The smallest absolute Gasteiger partial charge is 0.331 e. The lowest BCUT2D eigenvalue weighted by atomic mass is 9.59. The van der Waals surface area contributed by atoms with E-state index in [0.717, 1.165) is 30.9 Å². The van der Waals surface area contributed by atoms with E-state index in [4.69, 9.17) is 4.74 Å². The molecular weight excluding hydrogens is 442 g/mol. The second-order valence-corrected chi connectivity index (χ2v) is 10.3. The molecule has 0 unspecified atom stereocenters. The summed E-state index contributed by atoms with van der Waals surface area (Å²) < 4.78 is 6.01. The van der Waals surface area contributed by atoms with Gasteiger partial charge in [0.2, 0.25) is 5.60 Å². The molecule has 0 radical (unpaired) electrons. The number of esters is 1. The predicted molar refractivity (Wildman–Crippen MR) is 133 cm³/mol. The van der Waals surface area contributed by atoms with Gasteiger partial charge in [0.05, 0.1) is 12.0 Å². The van der Waals surface area contributed by atoms with E-state index in [9.17, 15) is 19.5 Å². The molecule has 3 aliphatic rings. The highest BCUT2D eigenvalue weighted by atomic mass is 16.6. The Morgan fingerprint density at radius 1 is 1.14 bits per heavy atom. The first kappa shape index (κ1) is 25.1. The Bertz CT molecular complexity index is 1040. The molecule has 6 nitrogen and oxygen atoms in total. The van der Waals surface area contributed by atoms with Gasteiger partial charge in [0.25, 0.3) is 5.91 Å². The van der Waals surface area contributed by atoms with Crippen molar-refractivity contribution < 1.29 is 24.2 Å². The van der Waals surface area contributed by atoms with Crippen LogP contribution in [0.4, 0.5) is 0 Å². The average molecular weight is 478 g/mol. The fourth-order valence-corrected chi connectivity index (χ4v) is 6.00. The number of ether oxygens (including phenoxy) is 1. The van der Waals surface area contributed by atoms with Gasteiger partial charge in [-0.15, -0.1) is 0 Å². The van der Waals surface area contributed by atoms with Gasteiger partial charge in [-0.2, -0.15) is 0 Å². The standard InChI is InChI=1S/C29H35NO5/c1-18-9-7-13-22(31)15-16-25(32)35-29-23(14-8-10-18)27(33)20(3)19(2)26(29)24(30-28(29)34)17-21-11-5-4-6-12-21/h4-6,8,11-12,14-16,18-19,23-24,26-27,33H,3,7,9-10,13,17H2,1-2H3,(H,30,34)/b14-8-,16-15+/t18-,19-,23+,24+,26+,27-,29-/m1/s1. The second kappa shape index (κ2) is 10.3. The maximum Gasteiger partial charge on any atom is 0.331 e. The Balaban J connectivity index is 1.79. The highest BCUT2D eigenvalue weighted by molar-refractivity contribution is 5.98. The Hall–Kier alpha value is -2.99. The first-order valence-corrected chi connectivity index (χ1v) is 12.6. The first-order valence-electron chi connectivity index (χ1n) is 12.6. The number of rotatable bonds is 2. The van der Waals surface area contributed by atoms with Gasteiger partial charge in [0.1, 0.15) is 0 Å². The zero-order chi connectivity index (χ0) is 25.2. The van der Waals surface area contributed by atoms with Crippen LogP contribution in [0.1, 0.15) is 45.1 Å². The summed E-state index contributed by atoms with van der Waals surface area (Å²) in [4.78, 5) is 38.9. The normalized spacial score (nSPS) is 37.9. The molecule has 2 fully saturated rings. The zero-order valence-corrected chi connectivity index (χ0v) is 20.5. The number of hydrogen-bond donors (Lipinski definition) is 2. The monoisotopic (exact) mass is 477 g/mol. The van der Waals surface area contributed by atoms with E-state index < -0.39 is 35.4 Å². The number of hydrogen-bond acceptors (Lipinski definition) is 5. The van der Waals surface area contributed by atoms with E-state index >= 15 is 0 Å². The molecule has 7 atom stereocenters. The second-order valence-electron chi connectivity index (χ2n) is 10.3. The number of aliphatic hydroxyl groups excluding tert-OH is 1. The number of allylic oxidation sites excluding steroid dienone is 2. The van der Waals surface area contributed by atoms with E-state index in [-0.39, 0.29) is 17.7 Å². The lowest BCUT2D eigenvalue weighted by Crippen LogP contribution is -2.61. The van der Waals surface area contributed by atoms with E-state index in [2.05, 4.69) is 18.8 Å². The quantitative estimate of drug-likeness (QED) is 0.501. The molecule has 2 N–H and O–H groups in total. The van der Waals surface area contributed by atoms with Crippen LogP contribution in [-0.4, -0.2) is 40.5 Å². The van der Waals surface area contributed by atoms with Crippen molar-refractivity contribution in [3.63, 3.8) is 0 Å². The largest absolute Gasteiger partial charge is 0.445 e. The van der Waals surface area contributed by atoms with Crippen LogP contribution in [0.25, 0.3) is 0 Å². The van der Waals surface area contributed by atoms with Gasteiger partial charge in [0, 0.05) is 24.5 Å². The molecule has 1 saturated heterocycles. The van der Waals surface area contributed by atoms with Crippen LogP contribution in [0.5, 0.6) is 0 Å². The molecular formula is C29H35NO5. The summed E-state index contributed by atoms with van der Waals surface area (Å²) in [5.74, 6) is -2.46. The van der Waals surface area contributed by atoms with E-state index in [1.165, 1.54) is 6.08 Å². The van der Waals surface area contributed by atoms with Crippen LogP contribution in [0.2, 0.25) is 0 Å². The Kier molecular flexibility index (Phi) is 7.41. The third-order valence-corrected chi connectivity index (χ3v) is 7.91. The third-order valence-electron chi connectivity index (χ3n) is 7.91. The Morgan fingerprint density at radius 2 is 1.89 bits per heavy atom. The van der Waals surface area contributed by atoms with Crippen molar-refractivity contribution in [2.45, 2.75) is 63.7 Å². The molecule has 0 bridgehead atoms. The van der Waals surface area contributed by atoms with Crippen molar-refractivity contribution in [1.29, 1.82) is 0 Å². The molecule has 2 heterocycles. The summed E-state index contributed by atoms with van der Waals surface area (Å²) in [5.41, 5.74) is 0.0801.